The number of aliphatic hydroxyl groups is 2. The Balaban J connectivity index is 1.59. The molecule has 4 aliphatic rings. The SMILES string of the molecule is CC(=O)O[C@@H]1CC[C@]2(C)[C@@H]3C(=CC[C@@]2(O)C1)[C@@H]1CC[C@H]([C@H](C)/C=C/[C@H](C)C(C)C)[C@@]1(C)C[C@@H]3O. The summed E-state index contributed by atoms with van der Waals surface area (Å²) in [4.78, 5) is 11.5. The zero-order valence-corrected chi connectivity index (χ0v) is 22.5. The van der Waals surface area contributed by atoms with Crippen molar-refractivity contribution in [2.24, 2.45) is 46.3 Å². The Morgan fingerprint density at radius 2 is 1.82 bits per heavy atom. The summed E-state index contributed by atoms with van der Waals surface area (Å²) >= 11 is 0. The third-order valence-electron chi connectivity index (χ3n) is 10.9. The van der Waals surface area contributed by atoms with Gasteiger partial charge in [0, 0.05) is 24.7 Å². The molecule has 0 unspecified atom stereocenters. The molecule has 0 spiro atoms. The Labute approximate surface area is 207 Å². The van der Waals surface area contributed by atoms with Crippen LogP contribution in [0, 0.1) is 46.3 Å². The third kappa shape index (κ3) is 4.11. The molecular weight excluding hydrogens is 424 g/mol. The lowest BCUT2D eigenvalue weighted by Gasteiger charge is -2.62. The van der Waals surface area contributed by atoms with E-state index in [0.29, 0.717) is 42.4 Å². The van der Waals surface area contributed by atoms with E-state index in [1.165, 1.54) is 25.3 Å². The summed E-state index contributed by atoms with van der Waals surface area (Å²) in [6.07, 6.45) is 12.2. The molecule has 4 rings (SSSR count). The Morgan fingerprint density at radius 1 is 1.12 bits per heavy atom. The van der Waals surface area contributed by atoms with E-state index in [0.717, 1.165) is 19.3 Å². The number of aliphatic hydroxyl groups excluding tert-OH is 1. The van der Waals surface area contributed by atoms with Crippen LogP contribution in [-0.2, 0) is 9.53 Å². The van der Waals surface area contributed by atoms with Crippen LogP contribution < -0.4 is 0 Å². The molecule has 0 amide bonds. The molecule has 0 aliphatic heterocycles. The van der Waals surface area contributed by atoms with Gasteiger partial charge in [-0.1, -0.05) is 65.3 Å². The van der Waals surface area contributed by atoms with Gasteiger partial charge in [0.2, 0.25) is 0 Å². The van der Waals surface area contributed by atoms with Crippen LogP contribution in [0.25, 0.3) is 0 Å². The fourth-order valence-corrected chi connectivity index (χ4v) is 8.53. The van der Waals surface area contributed by atoms with Gasteiger partial charge in [0.25, 0.3) is 0 Å². The normalized spacial score (nSPS) is 45.8. The molecule has 0 radical (unpaired) electrons. The van der Waals surface area contributed by atoms with Crippen molar-refractivity contribution < 1.29 is 19.7 Å². The molecule has 4 aliphatic carbocycles. The van der Waals surface area contributed by atoms with Crippen molar-refractivity contribution in [3.8, 4) is 0 Å². The van der Waals surface area contributed by atoms with Crippen molar-refractivity contribution >= 4 is 5.97 Å². The number of hydrogen-bond acceptors (Lipinski definition) is 4. The fraction of sp³-hybridized carbons (Fsp3) is 0.833. The maximum absolute atomic E-state index is 11.8. The summed E-state index contributed by atoms with van der Waals surface area (Å²) in [5.74, 6) is 2.49. The minimum Gasteiger partial charge on any atom is -0.462 e. The van der Waals surface area contributed by atoms with Crippen LogP contribution in [0.4, 0.5) is 0 Å². The summed E-state index contributed by atoms with van der Waals surface area (Å²) in [7, 11) is 0. The predicted molar refractivity (Wildman–Crippen MR) is 136 cm³/mol. The number of ether oxygens (including phenoxy) is 1. The number of carbonyl (C=O) groups excluding carboxylic acids is 1. The van der Waals surface area contributed by atoms with Gasteiger partial charge in [-0.2, -0.15) is 0 Å². The summed E-state index contributed by atoms with van der Waals surface area (Å²) in [5.41, 5.74) is 0.182. The van der Waals surface area contributed by atoms with Crippen molar-refractivity contribution in [1.29, 1.82) is 0 Å². The van der Waals surface area contributed by atoms with E-state index in [1.807, 2.05) is 0 Å². The van der Waals surface area contributed by atoms with Crippen LogP contribution >= 0.6 is 0 Å². The zero-order chi connectivity index (χ0) is 25.1. The Bertz CT molecular complexity index is 845. The quantitative estimate of drug-likeness (QED) is 0.377. The Morgan fingerprint density at radius 3 is 2.47 bits per heavy atom. The van der Waals surface area contributed by atoms with E-state index in [1.54, 1.807) is 0 Å². The maximum Gasteiger partial charge on any atom is 0.302 e. The molecule has 192 valence electrons. The predicted octanol–water partition coefficient (Wildman–Crippen LogP) is 6.07. The van der Waals surface area contributed by atoms with E-state index < -0.39 is 11.7 Å². The van der Waals surface area contributed by atoms with E-state index in [9.17, 15) is 15.0 Å². The van der Waals surface area contributed by atoms with Gasteiger partial charge in [-0.05, 0) is 73.5 Å². The first kappa shape index (κ1) is 25.9. The average Bonchev–Trinajstić information content (AvgIpc) is 3.08. The minimum atomic E-state index is -0.935. The van der Waals surface area contributed by atoms with Crippen molar-refractivity contribution in [1.82, 2.24) is 0 Å². The van der Waals surface area contributed by atoms with E-state index in [-0.39, 0.29) is 28.8 Å². The molecule has 0 aromatic carbocycles. The van der Waals surface area contributed by atoms with Crippen LogP contribution in [0.1, 0.15) is 93.4 Å². The molecule has 34 heavy (non-hydrogen) atoms. The first-order valence-corrected chi connectivity index (χ1v) is 13.8. The second kappa shape index (κ2) is 9.07. The Hall–Kier alpha value is -1.13. The minimum absolute atomic E-state index is 0.00633. The largest absolute Gasteiger partial charge is 0.462 e. The highest BCUT2D eigenvalue weighted by atomic mass is 16.5. The van der Waals surface area contributed by atoms with Crippen LogP contribution in [0.3, 0.4) is 0 Å². The van der Waals surface area contributed by atoms with Crippen LogP contribution in [0.5, 0.6) is 0 Å². The van der Waals surface area contributed by atoms with Gasteiger partial charge in [-0.3, -0.25) is 4.79 Å². The summed E-state index contributed by atoms with van der Waals surface area (Å²) < 4.78 is 5.50. The lowest BCUT2D eigenvalue weighted by molar-refractivity contribution is -0.197. The number of carbonyl (C=O) groups is 1. The van der Waals surface area contributed by atoms with Gasteiger partial charge in [-0.25, -0.2) is 0 Å². The number of fused-ring (bicyclic) bond motifs is 5. The van der Waals surface area contributed by atoms with Crippen molar-refractivity contribution in [3.63, 3.8) is 0 Å². The van der Waals surface area contributed by atoms with Crippen LogP contribution in [0.15, 0.2) is 23.8 Å². The van der Waals surface area contributed by atoms with E-state index >= 15 is 0 Å². The molecule has 0 bridgehead atoms. The smallest absolute Gasteiger partial charge is 0.302 e. The summed E-state index contributed by atoms with van der Waals surface area (Å²) in [6, 6.07) is 0. The van der Waals surface area contributed by atoms with Gasteiger partial charge >= 0.3 is 5.97 Å². The number of allylic oxidation sites excluding steroid dienone is 2. The van der Waals surface area contributed by atoms with Gasteiger partial charge in [-0.15, -0.1) is 0 Å². The molecule has 2 N–H and O–H groups in total. The van der Waals surface area contributed by atoms with E-state index in [2.05, 4.69) is 59.8 Å². The zero-order valence-electron chi connectivity index (χ0n) is 22.5. The van der Waals surface area contributed by atoms with Crippen LogP contribution in [-0.4, -0.2) is 34.0 Å². The molecule has 0 aromatic rings. The molecule has 10 atom stereocenters. The molecule has 4 heteroatoms. The van der Waals surface area contributed by atoms with Crippen molar-refractivity contribution in [3.05, 3.63) is 23.8 Å². The highest BCUT2D eigenvalue weighted by Crippen LogP contribution is 2.67. The first-order chi connectivity index (χ1) is 15.8. The average molecular weight is 473 g/mol. The molecular formula is C30H48O4. The summed E-state index contributed by atoms with van der Waals surface area (Å²) in [6.45, 7) is 15.3. The molecule has 0 saturated heterocycles. The number of hydrogen-bond donors (Lipinski definition) is 2. The topological polar surface area (TPSA) is 66.8 Å². The second-order valence-electron chi connectivity index (χ2n) is 13.2. The molecule has 0 aromatic heterocycles. The van der Waals surface area contributed by atoms with Gasteiger partial charge in [0.05, 0.1) is 11.7 Å². The summed E-state index contributed by atoms with van der Waals surface area (Å²) in [5, 5.41) is 23.5. The monoisotopic (exact) mass is 472 g/mol. The van der Waals surface area contributed by atoms with E-state index in [4.69, 9.17) is 4.74 Å². The number of esters is 1. The maximum atomic E-state index is 11.8. The Kier molecular flexibility index (Phi) is 6.92. The third-order valence-corrected chi connectivity index (χ3v) is 10.9. The second-order valence-corrected chi connectivity index (χ2v) is 13.2. The van der Waals surface area contributed by atoms with Crippen molar-refractivity contribution in [2.75, 3.05) is 0 Å². The highest BCUT2D eigenvalue weighted by molar-refractivity contribution is 5.66. The lowest BCUT2D eigenvalue weighted by Crippen LogP contribution is -2.63. The van der Waals surface area contributed by atoms with Gasteiger partial charge < -0.3 is 14.9 Å². The fourth-order valence-electron chi connectivity index (χ4n) is 8.53. The van der Waals surface area contributed by atoms with Gasteiger partial charge in [0.1, 0.15) is 6.10 Å². The van der Waals surface area contributed by atoms with Crippen LogP contribution in [0.2, 0.25) is 0 Å². The standard InChI is InChI=1S/C30H48O4/c1-18(2)19(3)8-9-20(4)24-10-11-25-23-13-15-30(33)16-22(34-21(5)31)12-14-29(30,7)27(23)26(32)17-28(24,25)6/h8-9,13,18-20,22,24-27,32-33H,10-12,14-17H2,1-7H3/b9-8+/t19-,20+,22+,24+,25-,26-,27+,28+,29+,30+/m0/s1. The molecule has 0 heterocycles. The molecule has 4 nitrogen and oxygen atoms in total. The van der Waals surface area contributed by atoms with Crippen molar-refractivity contribution in [2.45, 2.75) is 111 Å². The first-order valence-electron chi connectivity index (χ1n) is 13.8. The lowest BCUT2D eigenvalue weighted by atomic mass is 9.45. The highest BCUT2D eigenvalue weighted by Gasteiger charge is 2.65. The molecule has 3 fully saturated rings. The van der Waals surface area contributed by atoms with Gasteiger partial charge in [0.15, 0.2) is 0 Å². The number of rotatable bonds is 5. The molecule has 3 saturated carbocycles.